The van der Waals surface area contributed by atoms with Gasteiger partial charge in [-0.25, -0.2) is 0 Å². The predicted octanol–water partition coefficient (Wildman–Crippen LogP) is 0.626. The highest BCUT2D eigenvalue weighted by Gasteiger charge is 2.20. The summed E-state index contributed by atoms with van der Waals surface area (Å²) in [5.74, 6) is -0.838. The molecule has 1 unspecified atom stereocenters. The molecule has 0 saturated carbocycles. The average molecular weight is 143 g/mol. The van der Waals surface area contributed by atoms with Crippen LogP contribution < -0.4 is 0 Å². The number of carbonyl (C=O) groups is 1. The summed E-state index contributed by atoms with van der Waals surface area (Å²) in [5.41, 5.74) is 0.867. The summed E-state index contributed by atoms with van der Waals surface area (Å²) in [6.45, 7) is 1.82. The highest BCUT2D eigenvalue weighted by Crippen LogP contribution is 2.12. The van der Waals surface area contributed by atoms with Gasteiger partial charge in [0.1, 0.15) is 6.10 Å². The van der Waals surface area contributed by atoms with E-state index in [0.717, 1.165) is 5.71 Å². The van der Waals surface area contributed by atoms with E-state index in [4.69, 9.17) is 9.94 Å². The second-order valence-corrected chi connectivity index (χ2v) is 2.36. The summed E-state index contributed by atoms with van der Waals surface area (Å²) in [4.78, 5) is 14.9. The van der Waals surface area contributed by atoms with Crippen LogP contribution in [0.15, 0.2) is 5.16 Å². The summed E-state index contributed by atoms with van der Waals surface area (Å²) in [5, 5.41) is 12.0. The molecule has 4 nitrogen and oxygen atoms in total. The smallest absolute Gasteiger partial charge is 0.307 e. The second-order valence-electron chi connectivity index (χ2n) is 2.36. The van der Waals surface area contributed by atoms with Crippen molar-refractivity contribution < 1.29 is 14.7 Å². The summed E-state index contributed by atoms with van der Waals surface area (Å²) < 4.78 is 0. The molecule has 1 aliphatic heterocycles. The van der Waals surface area contributed by atoms with Gasteiger partial charge in [-0.05, 0) is 6.92 Å². The van der Waals surface area contributed by atoms with Crippen LogP contribution in [-0.2, 0) is 9.63 Å². The number of hydrogen-bond acceptors (Lipinski definition) is 3. The molecule has 0 amide bonds. The van der Waals surface area contributed by atoms with Gasteiger partial charge >= 0.3 is 5.97 Å². The van der Waals surface area contributed by atoms with Crippen LogP contribution in [0.25, 0.3) is 0 Å². The lowest BCUT2D eigenvalue weighted by atomic mass is 10.1. The SMILES string of the molecule is CC1=NOC(CC(=O)O)C1. The first-order valence-electron chi connectivity index (χ1n) is 3.09. The van der Waals surface area contributed by atoms with Crippen molar-refractivity contribution in [2.75, 3.05) is 0 Å². The van der Waals surface area contributed by atoms with Crippen molar-refractivity contribution in [3.05, 3.63) is 0 Å². The molecular weight excluding hydrogens is 134 g/mol. The van der Waals surface area contributed by atoms with Gasteiger partial charge in [0, 0.05) is 6.42 Å². The van der Waals surface area contributed by atoms with Crippen LogP contribution in [0.3, 0.4) is 0 Å². The van der Waals surface area contributed by atoms with E-state index in [1.807, 2.05) is 6.92 Å². The van der Waals surface area contributed by atoms with Gasteiger partial charge in [0.15, 0.2) is 0 Å². The lowest BCUT2D eigenvalue weighted by molar-refractivity contribution is -0.139. The molecule has 0 saturated heterocycles. The molecule has 0 fully saturated rings. The van der Waals surface area contributed by atoms with E-state index in [-0.39, 0.29) is 12.5 Å². The Balaban J connectivity index is 2.29. The zero-order chi connectivity index (χ0) is 7.56. The van der Waals surface area contributed by atoms with E-state index in [2.05, 4.69) is 5.16 Å². The van der Waals surface area contributed by atoms with Gasteiger partial charge in [0.2, 0.25) is 0 Å². The van der Waals surface area contributed by atoms with Gasteiger partial charge in [-0.3, -0.25) is 4.79 Å². The fourth-order valence-corrected chi connectivity index (χ4v) is 0.873. The summed E-state index contributed by atoms with van der Waals surface area (Å²) in [6.07, 6.45) is 0.449. The third-order valence-corrected chi connectivity index (χ3v) is 1.28. The quantitative estimate of drug-likeness (QED) is 0.616. The molecule has 1 heterocycles. The van der Waals surface area contributed by atoms with Crippen LogP contribution in [0.1, 0.15) is 19.8 Å². The van der Waals surface area contributed by atoms with Crippen LogP contribution >= 0.6 is 0 Å². The van der Waals surface area contributed by atoms with Gasteiger partial charge in [0.05, 0.1) is 12.1 Å². The first-order chi connectivity index (χ1) is 4.68. The summed E-state index contributed by atoms with van der Waals surface area (Å²) >= 11 is 0. The topological polar surface area (TPSA) is 58.9 Å². The summed E-state index contributed by atoms with van der Waals surface area (Å²) in [6, 6.07) is 0. The molecule has 0 aromatic carbocycles. The molecule has 1 N–H and O–H groups in total. The van der Waals surface area contributed by atoms with Crippen LogP contribution in [-0.4, -0.2) is 22.9 Å². The number of rotatable bonds is 2. The number of carboxylic acids is 1. The van der Waals surface area contributed by atoms with Crippen molar-refractivity contribution in [1.82, 2.24) is 0 Å². The van der Waals surface area contributed by atoms with E-state index >= 15 is 0 Å². The van der Waals surface area contributed by atoms with E-state index in [1.165, 1.54) is 0 Å². The lowest BCUT2D eigenvalue weighted by Gasteiger charge is -2.01. The number of nitrogens with zero attached hydrogens (tertiary/aromatic N) is 1. The Labute approximate surface area is 58.5 Å². The average Bonchev–Trinajstić information content (AvgIpc) is 2.13. The van der Waals surface area contributed by atoms with Gasteiger partial charge in [-0.15, -0.1) is 0 Å². The molecule has 0 aliphatic carbocycles. The maximum absolute atomic E-state index is 10.1. The molecule has 4 heteroatoms. The van der Waals surface area contributed by atoms with Crippen molar-refractivity contribution >= 4 is 11.7 Å². The lowest BCUT2D eigenvalue weighted by Crippen LogP contribution is -2.12. The number of oxime groups is 1. The van der Waals surface area contributed by atoms with E-state index in [9.17, 15) is 4.79 Å². The number of aliphatic carboxylic acids is 1. The minimum atomic E-state index is -0.838. The van der Waals surface area contributed by atoms with Crippen LogP contribution in [0.4, 0.5) is 0 Å². The van der Waals surface area contributed by atoms with Gasteiger partial charge < -0.3 is 9.94 Å². The Morgan fingerprint density at radius 3 is 3.10 bits per heavy atom. The van der Waals surface area contributed by atoms with Gasteiger partial charge in [-0.2, -0.15) is 0 Å². The Hall–Kier alpha value is -1.06. The molecule has 0 bridgehead atoms. The molecule has 1 aliphatic rings. The first kappa shape index (κ1) is 7.05. The Morgan fingerprint density at radius 2 is 2.70 bits per heavy atom. The summed E-state index contributed by atoms with van der Waals surface area (Å²) in [7, 11) is 0. The second kappa shape index (κ2) is 2.68. The van der Waals surface area contributed by atoms with E-state index in [1.54, 1.807) is 0 Å². The normalized spacial score (nSPS) is 23.7. The van der Waals surface area contributed by atoms with Gasteiger partial charge in [0.25, 0.3) is 0 Å². The minimum Gasteiger partial charge on any atom is -0.481 e. The maximum atomic E-state index is 10.1. The molecule has 0 radical (unpaired) electrons. The third-order valence-electron chi connectivity index (χ3n) is 1.28. The molecule has 10 heavy (non-hydrogen) atoms. The van der Waals surface area contributed by atoms with Gasteiger partial charge in [-0.1, -0.05) is 5.16 Å². The van der Waals surface area contributed by atoms with Crippen molar-refractivity contribution in [2.24, 2.45) is 5.16 Å². The molecule has 1 rings (SSSR count). The molecule has 56 valence electrons. The highest BCUT2D eigenvalue weighted by molar-refractivity contribution is 5.83. The molecule has 0 aromatic rings. The maximum Gasteiger partial charge on any atom is 0.307 e. The Morgan fingerprint density at radius 1 is 2.00 bits per heavy atom. The number of carboxylic acid groups (broad SMARTS) is 1. The number of hydrogen-bond donors (Lipinski definition) is 1. The molecule has 0 aromatic heterocycles. The van der Waals surface area contributed by atoms with Crippen LogP contribution in [0, 0.1) is 0 Å². The zero-order valence-corrected chi connectivity index (χ0v) is 5.70. The van der Waals surface area contributed by atoms with Crippen molar-refractivity contribution in [3.8, 4) is 0 Å². The predicted molar refractivity (Wildman–Crippen MR) is 34.9 cm³/mol. The minimum absolute atomic E-state index is 0.0425. The van der Waals surface area contributed by atoms with Crippen LogP contribution in [0.2, 0.25) is 0 Å². The molecule has 0 spiro atoms. The van der Waals surface area contributed by atoms with E-state index < -0.39 is 5.97 Å². The monoisotopic (exact) mass is 143 g/mol. The largest absolute Gasteiger partial charge is 0.481 e. The van der Waals surface area contributed by atoms with Crippen molar-refractivity contribution in [3.63, 3.8) is 0 Å². The Kier molecular flexibility index (Phi) is 1.89. The zero-order valence-electron chi connectivity index (χ0n) is 5.70. The fourth-order valence-electron chi connectivity index (χ4n) is 0.873. The van der Waals surface area contributed by atoms with Crippen LogP contribution in [0.5, 0.6) is 0 Å². The molecule has 1 atom stereocenters. The van der Waals surface area contributed by atoms with Crippen molar-refractivity contribution in [2.45, 2.75) is 25.9 Å². The fraction of sp³-hybridized carbons (Fsp3) is 0.667. The first-order valence-corrected chi connectivity index (χ1v) is 3.09. The highest BCUT2D eigenvalue weighted by atomic mass is 16.6. The van der Waals surface area contributed by atoms with E-state index in [0.29, 0.717) is 6.42 Å². The molecular formula is C6H9NO3. The van der Waals surface area contributed by atoms with Crippen molar-refractivity contribution in [1.29, 1.82) is 0 Å². The standard InChI is InChI=1S/C6H9NO3/c1-4-2-5(10-7-4)3-6(8)9/h5H,2-3H2,1H3,(H,8,9). The Bertz CT molecular complexity index is 176. The third kappa shape index (κ3) is 1.72.